The second-order valence-electron chi connectivity index (χ2n) is 5.17. The Labute approximate surface area is 107 Å². The van der Waals surface area contributed by atoms with Crippen LogP contribution in [0.15, 0.2) is 23.4 Å². The van der Waals surface area contributed by atoms with Crippen LogP contribution in [0.3, 0.4) is 0 Å². The van der Waals surface area contributed by atoms with Gasteiger partial charge in [0.25, 0.3) is 0 Å². The fourth-order valence-electron chi connectivity index (χ4n) is 2.32. The lowest BCUT2D eigenvalue weighted by atomic mass is 10.1. The van der Waals surface area contributed by atoms with Crippen molar-refractivity contribution in [2.75, 3.05) is 18.0 Å². The van der Waals surface area contributed by atoms with Crippen molar-refractivity contribution in [1.82, 2.24) is 0 Å². The maximum atomic E-state index is 10.0. The summed E-state index contributed by atoms with van der Waals surface area (Å²) < 4.78 is 0. The van der Waals surface area contributed by atoms with Crippen LogP contribution in [0.2, 0.25) is 0 Å². The van der Waals surface area contributed by atoms with Crippen LogP contribution in [0, 0.1) is 6.92 Å². The van der Waals surface area contributed by atoms with Crippen molar-refractivity contribution < 1.29 is 10.3 Å². The van der Waals surface area contributed by atoms with E-state index in [2.05, 4.69) is 10.1 Å². The third kappa shape index (κ3) is 2.41. The van der Waals surface area contributed by atoms with Crippen LogP contribution >= 0.6 is 0 Å². The van der Waals surface area contributed by atoms with Gasteiger partial charge in [0.15, 0.2) is 5.84 Å². The van der Waals surface area contributed by atoms with Crippen LogP contribution in [-0.4, -0.2) is 34.8 Å². The highest BCUT2D eigenvalue weighted by molar-refractivity contribution is 6.02. The van der Waals surface area contributed by atoms with Gasteiger partial charge >= 0.3 is 0 Å². The molecule has 1 saturated heterocycles. The lowest BCUT2D eigenvalue weighted by molar-refractivity contribution is 0.0839. The van der Waals surface area contributed by atoms with Gasteiger partial charge in [0.1, 0.15) is 0 Å². The highest BCUT2D eigenvalue weighted by Crippen LogP contribution is 2.29. The molecule has 18 heavy (non-hydrogen) atoms. The number of oxime groups is 1. The molecule has 0 radical (unpaired) electrons. The number of rotatable bonds is 2. The van der Waals surface area contributed by atoms with Gasteiger partial charge in [-0.25, -0.2) is 0 Å². The minimum Gasteiger partial charge on any atom is -0.409 e. The van der Waals surface area contributed by atoms with Crippen LogP contribution in [-0.2, 0) is 0 Å². The first-order valence-corrected chi connectivity index (χ1v) is 5.99. The normalized spacial score (nSPS) is 24.6. The summed E-state index contributed by atoms with van der Waals surface area (Å²) in [6.07, 6.45) is 0.719. The number of nitrogens with two attached hydrogens (primary N) is 1. The van der Waals surface area contributed by atoms with E-state index in [-0.39, 0.29) is 5.84 Å². The molecule has 1 heterocycles. The molecule has 1 aliphatic heterocycles. The zero-order valence-corrected chi connectivity index (χ0v) is 10.7. The lowest BCUT2D eigenvalue weighted by Crippen LogP contribution is -2.31. The molecular weight excluding hydrogens is 230 g/mol. The number of nitrogens with zero attached hydrogens (tertiary/aromatic N) is 2. The molecule has 98 valence electrons. The van der Waals surface area contributed by atoms with E-state index in [1.165, 1.54) is 0 Å². The number of benzene rings is 1. The monoisotopic (exact) mass is 249 g/mol. The van der Waals surface area contributed by atoms with Crippen LogP contribution < -0.4 is 10.6 Å². The van der Waals surface area contributed by atoms with Gasteiger partial charge in [0.05, 0.1) is 5.60 Å². The van der Waals surface area contributed by atoms with E-state index in [9.17, 15) is 5.11 Å². The Kier molecular flexibility index (Phi) is 3.17. The van der Waals surface area contributed by atoms with E-state index >= 15 is 0 Å². The average molecular weight is 249 g/mol. The van der Waals surface area contributed by atoms with E-state index in [0.717, 1.165) is 24.2 Å². The minimum absolute atomic E-state index is 0.0940. The Morgan fingerprint density at radius 1 is 1.50 bits per heavy atom. The molecule has 1 aliphatic rings. The van der Waals surface area contributed by atoms with Gasteiger partial charge in [-0.2, -0.15) is 0 Å². The van der Waals surface area contributed by atoms with Crippen LogP contribution in [0.4, 0.5) is 5.69 Å². The van der Waals surface area contributed by atoms with Gasteiger partial charge in [-0.1, -0.05) is 11.2 Å². The van der Waals surface area contributed by atoms with E-state index in [0.29, 0.717) is 12.1 Å². The number of hydrogen-bond acceptors (Lipinski definition) is 4. The zero-order chi connectivity index (χ0) is 13.3. The second-order valence-corrected chi connectivity index (χ2v) is 5.17. The van der Waals surface area contributed by atoms with Crippen molar-refractivity contribution in [3.63, 3.8) is 0 Å². The quantitative estimate of drug-likeness (QED) is 0.317. The molecule has 0 aliphatic carbocycles. The van der Waals surface area contributed by atoms with Crippen molar-refractivity contribution in [1.29, 1.82) is 0 Å². The molecule has 0 spiro atoms. The Bertz CT molecular complexity index is 483. The molecule has 0 aromatic heterocycles. The first-order valence-electron chi connectivity index (χ1n) is 5.99. The molecule has 5 nitrogen and oxygen atoms in total. The molecule has 2 rings (SSSR count). The van der Waals surface area contributed by atoms with Crippen LogP contribution in [0.25, 0.3) is 0 Å². The fourth-order valence-corrected chi connectivity index (χ4v) is 2.32. The molecule has 1 unspecified atom stereocenters. The Hall–Kier alpha value is -1.75. The molecule has 1 aromatic carbocycles. The van der Waals surface area contributed by atoms with Crippen molar-refractivity contribution in [2.45, 2.75) is 25.9 Å². The standard InChI is InChI=1S/C13H19N3O2/c1-9-3-4-10(12(14)15-18)11(7-9)16-6-5-13(2,17)8-16/h3-4,7,17-18H,5-6,8H2,1-2H3,(H2,14,15). The van der Waals surface area contributed by atoms with Gasteiger partial charge in [-0.15, -0.1) is 0 Å². The highest BCUT2D eigenvalue weighted by atomic mass is 16.4. The summed E-state index contributed by atoms with van der Waals surface area (Å²) in [5, 5.41) is 21.9. The lowest BCUT2D eigenvalue weighted by Gasteiger charge is -2.23. The van der Waals surface area contributed by atoms with Crippen LogP contribution in [0.5, 0.6) is 0 Å². The fraction of sp³-hybridized carbons (Fsp3) is 0.462. The molecule has 1 aromatic rings. The molecule has 0 bridgehead atoms. The largest absolute Gasteiger partial charge is 0.409 e. The summed E-state index contributed by atoms with van der Waals surface area (Å²) in [5.41, 5.74) is 7.72. The summed E-state index contributed by atoms with van der Waals surface area (Å²) in [5.74, 6) is 0.0940. The van der Waals surface area contributed by atoms with E-state index in [1.54, 1.807) is 0 Å². The molecule has 4 N–H and O–H groups in total. The maximum Gasteiger partial charge on any atom is 0.172 e. The number of aryl methyl sites for hydroxylation is 1. The van der Waals surface area contributed by atoms with Crippen molar-refractivity contribution in [3.05, 3.63) is 29.3 Å². The third-order valence-corrected chi connectivity index (χ3v) is 3.33. The third-order valence-electron chi connectivity index (χ3n) is 3.33. The number of amidine groups is 1. The Morgan fingerprint density at radius 2 is 2.22 bits per heavy atom. The Balaban J connectivity index is 2.40. The topological polar surface area (TPSA) is 82.1 Å². The molecule has 1 atom stereocenters. The van der Waals surface area contributed by atoms with Crippen molar-refractivity contribution >= 4 is 11.5 Å². The zero-order valence-electron chi connectivity index (χ0n) is 10.7. The highest BCUT2D eigenvalue weighted by Gasteiger charge is 2.32. The SMILES string of the molecule is Cc1ccc(/C(N)=N/O)c(N2CCC(C)(O)C2)c1. The molecule has 1 fully saturated rings. The number of β-amino-alcohol motifs (C(OH)–C–C–N with tert-alkyl or cyclic N) is 1. The first-order chi connectivity index (χ1) is 8.43. The average Bonchev–Trinajstić information content (AvgIpc) is 2.68. The molecule has 5 heteroatoms. The van der Waals surface area contributed by atoms with Crippen molar-refractivity contribution in [2.24, 2.45) is 10.9 Å². The second kappa shape index (κ2) is 4.49. The number of anilines is 1. The van der Waals surface area contributed by atoms with E-state index in [4.69, 9.17) is 10.9 Å². The van der Waals surface area contributed by atoms with E-state index in [1.807, 2.05) is 32.0 Å². The van der Waals surface area contributed by atoms with Crippen LogP contribution in [0.1, 0.15) is 24.5 Å². The maximum absolute atomic E-state index is 10.0. The summed E-state index contributed by atoms with van der Waals surface area (Å²) in [6.45, 7) is 5.14. The predicted octanol–water partition coefficient (Wildman–Crippen LogP) is 1.05. The van der Waals surface area contributed by atoms with Gasteiger partial charge in [-0.05, 0) is 38.0 Å². The van der Waals surface area contributed by atoms with Gasteiger partial charge in [-0.3, -0.25) is 0 Å². The summed E-state index contributed by atoms with van der Waals surface area (Å²) in [6, 6.07) is 5.76. The van der Waals surface area contributed by atoms with Gasteiger partial charge < -0.3 is 20.9 Å². The molecular formula is C13H19N3O2. The molecule has 0 saturated carbocycles. The first kappa shape index (κ1) is 12.7. The number of hydrogen-bond donors (Lipinski definition) is 3. The van der Waals surface area contributed by atoms with Gasteiger partial charge in [0.2, 0.25) is 0 Å². The minimum atomic E-state index is -0.674. The van der Waals surface area contributed by atoms with Gasteiger partial charge in [0, 0.05) is 24.3 Å². The Morgan fingerprint density at radius 3 is 2.78 bits per heavy atom. The molecule has 0 amide bonds. The summed E-state index contributed by atoms with van der Waals surface area (Å²) in [4.78, 5) is 2.07. The number of aliphatic hydroxyl groups is 1. The predicted molar refractivity (Wildman–Crippen MR) is 71.1 cm³/mol. The smallest absolute Gasteiger partial charge is 0.172 e. The van der Waals surface area contributed by atoms with E-state index < -0.39 is 5.60 Å². The summed E-state index contributed by atoms with van der Waals surface area (Å²) >= 11 is 0. The van der Waals surface area contributed by atoms with Crippen molar-refractivity contribution in [3.8, 4) is 0 Å². The summed E-state index contributed by atoms with van der Waals surface area (Å²) in [7, 11) is 0.